The molecule has 1 aromatic carbocycles. The highest BCUT2D eigenvalue weighted by Gasteiger charge is 2.21. The Morgan fingerprint density at radius 3 is 2.75 bits per heavy atom. The molecule has 156 valence electrons. The molecule has 1 atom stereocenters. The zero-order chi connectivity index (χ0) is 20.4. The van der Waals surface area contributed by atoms with Crippen molar-refractivity contribution in [2.24, 2.45) is 4.99 Å². The first kappa shape index (κ1) is 22.8. The molecule has 1 amide bonds. The SMILES string of the molecule is CCNC(=NCC(SC)c1cccc(Cl)c1)NC1CCN(CC(=O)NC)CC1. The van der Waals surface area contributed by atoms with Gasteiger partial charge in [-0.3, -0.25) is 14.7 Å². The number of guanidine groups is 1. The molecule has 0 bridgehead atoms. The number of piperidine rings is 1. The van der Waals surface area contributed by atoms with Crippen LogP contribution in [0.25, 0.3) is 0 Å². The number of nitrogens with zero attached hydrogens (tertiary/aromatic N) is 2. The van der Waals surface area contributed by atoms with Gasteiger partial charge >= 0.3 is 0 Å². The largest absolute Gasteiger partial charge is 0.358 e. The average molecular weight is 426 g/mol. The fraction of sp³-hybridized carbons (Fsp3) is 0.600. The molecule has 1 aliphatic rings. The van der Waals surface area contributed by atoms with E-state index in [0.717, 1.165) is 43.5 Å². The van der Waals surface area contributed by atoms with E-state index in [1.165, 1.54) is 5.56 Å². The van der Waals surface area contributed by atoms with Crippen molar-refractivity contribution in [2.75, 3.05) is 46.0 Å². The summed E-state index contributed by atoms with van der Waals surface area (Å²) in [6.07, 6.45) is 4.10. The van der Waals surface area contributed by atoms with Gasteiger partial charge < -0.3 is 16.0 Å². The Kier molecular flexibility index (Phi) is 9.95. The Balaban J connectivity index is 1.90. The van der Waals surface area contributed by atoms with Crippen LogP contribution in [0.15, 0.2) is 29.3 Å². The summed E-state index contributed by atoms with van der Waals surface area (Å²) < 4.78 is 0. The summed E-state index contributed by atoms with van der Waals surface area (Å²) in [5.74, 6) is 0.929. The number of carbonyl (C=O) groups excluding carboxylic acids is 1. The number of likely N-dealkylation sites (tertiary alicyclic amines) is 1. The van der Waals surface area contributed by atoms with Crippen molar-refractivity contribution in [3.8, 4) is 0 Å². The van der Waals surface area contributed by atoms with Gasteiger partial charge in [0.1, 0.15) is 0 Å². The number of likely N-dealkylation sites (N-methyl/N-ethyl adjacent to an activating group) is 1. The number of benzene rings is 1. The lowest BCUT2D eigenvalue weighted by molar-refractivity contribution is -0.122. The summed E-state index contributed by atoms with van der Waals surface area (Å²) in [7, 11) is 1.68. The topological polar surface area (TPSA) is 68.8 Å². The molecule has 2 rings (SSSR count). The van der Waals surface area contributed by atoms with Crippen molar-refractivity contribution in [3.05, 3.63) is 34.9 Å². The van der Waals surface area contributed by atoms with Crippen LogP contribution >= 0.6 is 23.4 Å². The van der Waals surface area contributed by atoms with Crippen molar-refractivity contribution in [1.82, 2.24) is 20.9 Å². The Morgan fingerprint density at radius 1 is 1.39 bits per heavy atom. The average Bonchev–Trinajstić information content (AvgIpc) is 2.70. The molecule has 0 aromatic heterocycles. The standard InChI is InChI=1S/C20H32ClN5OS/c1-4-23-20(24-13-18(28-3)15-6-5-7-16(21)12-15)25-17-8-10-26(11-9-17)14-19(27)22-2/h5-7,12,17-18H,4,8-11,13-14H2,1-3H3,(H,22,27)(H2,23,24,25). The summed E-state index contributed by atoms with van der Waals surface area (Å²) in [5, 5.41) is 10.6. The Morgan fingerprint density at radius 2 is 2.14 bits per heavy atom. The van der Waals surface area contributed by atoms with Crippen molar-refractivity contribution in [3.63, 3.8) is 0 Å². The van der Waals surface area contributed by atoms with E-state index in [2.05, 4.69) is 40.1 Å². The van der Waals surface area contributed by atoms with Crippen molar-refractivity contribution >= 4 is 35.2 Å². The third-order valence-corrected chi connectivity index (χ3v) is 6.06. The van der Waals surface area contributed by atoms with Crippen LogP contribution in [0.1, 0.15) is 30.6 Å². The summed E-state index contributed by atoms with van der Waals surface area (Å²) in [6.45, 7) is 5.90. The highest BCUT2D eigenvalue weighted by atomic mass is 35.5. The first-order valence-corrected chi connectivity index (χ1v) is 11.5. The van der Waals surface area contributed by atoms with Crippen LogP contribution in [-0.4, -0.2) is 68.8 Å². The van der Waals surface area contributed by atoms with E-state index in [4.69, 9.17) is 16.6 Å². The molecule has 1 fully saturated rings. The van der Waals surface area contributed by atoms with Crippen LogP contribution in [0.5, 0.6) is 0 Å². The van der Waals surface area contributed by atoms with Crippen LogP contribution in [0.3, 0.4) is 0 Å². The molecule has 1 unspecified atom stereocenters. The Hall–Kier alpha value is -1.44. The van der Waals surface area contributed by atoms with Gasteiger partial charge in [0, 0.05) is 43.0 Å². The second-order valence-electron chi connectivity index (χ2n) is 6.87. The summed E-state index contributed by atoms with van der Waals surface area (Å²) in [6, 6.07) is 8.37. The number of hydrogen-bond acceptors (Lipinski definition) is 4. The smallest absolute Gasteiger partial charge is 0.233 e. The maximum Gasteiger partial charge on any atom is 0.233 e. The fourth-order valence-electron chi connectivity index (χ4n) is 3.23. The third kappa shape index (κ3) is 7.53. The lowest BCUT2D eigenvalue weighted by atomic mass is 10.1. The first-order chi connectivity index (χ1) is 13.5. The van der Waals surface area contributed by atoms with Crippen molar-refractivity contribution < 1.29 is 4.79 Å². The van der Waals surface area contributed by atoms with Gasteiger partial charge in [-0.05, 0) is 43.7 Å². The number of rotatable bonds is 8. The molecule has 0 radical (unpaired) electrons. The van der Waals surface area contributed by atoms with Gasteiger partial charge in [0.2, 0.25) is 5.91 Å². The van der Waals surface area contributed by atoms with Crippen LogP contribution in [0, 0.1) is 0 Å². The van der Waals surface area contributed by atoms with E-state index in [1.54, 1.807) is 18.8 Å². The van der Waals surface area contributed by atoms with E-state index >= 15 is 0 Å². The maximum absolute atomic E-state index is 11.5. The number of nitrogens with one attached hydrogen (secondary N) is 3. The van der Waals surface area contributed by atoms with E-state index in [1.807, 2.05) is 18.2 Å². The predicted molar refractivity (Wildman–Crippen MR) is 120 cm³/mol. The van der Waals surface area contributed by atoms with E-state index < -0.39 is 0 Å². The van der Waals surface area contributed by atoms with Gasteiger partial charge in [0.25, 0.3) is 0 Å². The monoisotopic (exact) mass is 425 g/mol. The molecule has 0 saturated carbocycles. The van der Waals surface area contributed by atoms with Crippen LogP contribution in [0.2, 0.25) is 5.02 Å². The molecule has 0 spiro atoms. The third-order valence-electron chi connectivity index (χ3n) is 4.84. The molecule has 1 heterocycles. The van der Waals surface area contributed by atoms with Gasteiger partial charge in [0.05, 0.1) is 13.1 Å². The molecular formula is C20H32ClN5OS. The van der Waals surface area contributed by atoms with Crippen molar-refractivity contribution in [2.45, 2.75) is 31.1 Å². The molecule has 0 aliphatic carbocycles. The Bertz CT molecular complexity index is 649. The molecular weight excluding hydrogens is 394 g/mol. The highest BCUT2D eigenvalue weighted by molar-refractivity contribution is 7.98. The second kappa shape index (κ2) is 12.2. The minimum atomic E-state index is 0.0745. The lowest BCUT2D eigenvalue weighted by Crippen LogP contribution is -2.50. The van der Waals surface area contributed by atoms with E-state index in [9.17, 15) is 4.79 Å². The Labute approximate surface area is 177 Å². The normalized spacial score (nSPS) is 17.2. The van der Waals surface area contributed by atoms with Crippen LogP contribution in [-0.2, 0) is 4.79 Å². The molecule has 28 heavy (non-hydrogen) atoms. The fourth-order valence-corrected chi connectivity index (χ4v) is 4.07. The van der Waals surface area contributed by atoms with Gasteiger partial charge in [-0.2, -0.15) is 11.8 Å². The number of amides is 1. The zero-order valence-corrected chi connectivity index (χ0v) is 18.6. The van der Waals surface area contributed by atoms with Crippen LogP contribution in [0.4, 0.5) is 0 Å². The lowest BCUT2D eigenvalue weighted by Gasteiger charge is -2.32. The van der Waals surface area contributed by atoms with Gasteiger partial charge in [-0.15, -0.1) is 0 Å². The number of halogens is 1. The number of hydrogen-bond donors (Lipinski definition) is 3. The minimum absolute atomic E-state index is 0.0745. The zero-order valence-electron chi connectivity index (χ0n) is 17.0. The predicted octanol–water partition coefficient (Wildman–Crippen LogP) is 2.51. The molecule has 8 heteroatoms. The van der Waals surface area contributed by atoms with Gasteiger partial charge in [-0.25, -0.2) is 0 Å². The second-order valence-corrected chi connectivity index (χ2v) is 8.34. The molecule has 3 N–H and O–H groups in total. The van der Waals surface area contributed by atoms with Crippen molar-refractivity contribution in [1.29, 1.82) is 0 Å². The number of carbonyl (C=O) groups is 1. The van der Waals surface area contributed by atoms with Gasteiger partial charge in [0.15, 0.2) is 5.96 Å². The number of thioether (sulfide) groups is 1. The summed E-state index contributed by atoms with van der Waals surface area (Å²) in [5.41, 5.74) is 1.20. The minimum Gasteiger partial charge on any atom is -0.358 e. The maximum atomic E-state index is 11.5. The molecule has 1 aromatic rings. The van der Waals surface area contributed by atoms with E-state index in [-0.39, 0.29) is 11.2 Å². The highest BCUT2D eigenvalue weighted by Crippen LogP contribution is 2.28. The summed E-state index contributed by atoms with van der Waals surface area (Å²) >= 11 is 7.92. The summed E-state index contributed by atoms with van der Waals surface area (Å²) in [4.78, 5) is 18.5. The molecule has 1 saturated heterocycles. The number of aliphatic imine (C=N–C) groups is 1. The quantitative estimate of drug-likeness (QED) is 0.441. The first-order valence-electron chi connectivity index (χ1n) is 9.81. The van der Waals surface area contributed by atoms with Crippen LogP contribution < -0.4 is 16.0 Å². The molecule has 6 nitrogen and oxygen atoms in total. The van der Waals surface area contributed by atoms with Gasteiger partial charge in [-0.1, -0.05) is 23.7 Å². The van der Waals surface area contributed by atoms with E-state index in [0.29, 0.717) is 19.1 Å². The molecule has 1 aliphatic heterocycles.